The van der Waals surface area contributed by atoms with Crippen LogP contribution in [0.5, 0.6) is 11.6 Å². The fourth-order valence-electron chi connectivity index (χ4n) is 2.30. The van der Waals surface area contributed by atoms with Gasteiger partial charge in [0.25, 0.3) is 5.56 Å². The van der Waals surface area contributed by atoms with E-state index < -0.39 is 28.8 Å². The van der Waals surface area contributed by atoms with Crippen LogP contribution in [-0.4, -0.2) is 27.0 Å². The molecular formula is C16H13N3O6. The summed E-state index contributed by atoms with van der Waals surface area (Å²) in [6, 6.07) is 7.22. The number of ketones is 1. The molecule has 1 heterocycles. The number of benzene rings is 1. The summed E-state index contributed by atoms with van der Waals surface area (Å²) < 4.78 is 5.98. The minimum absolute atomic E-state index is 0.0271. The summed E-state index contributed by atoms with van der Waals surface area (Å²) in [5.41, 5.74) is -1.52. The van der Waals surface area contributed by atoms with Gasteiger partial charge in [-0.3, -0.25) is 24.3 Å². The Morgan fingerprint density at radius 1 is 1.44 bits per heavy atom. The predicted molar refractivity (Wildman–Crippen MR) is 85.7 cm³/mol. The molecule has 0 spiro atoms. The highest BCUT2D eigenvalue weighted by Gasteiger charge is 2.24. The molecule has 9 heteroatoms. The monoisotopic (exact) mass is 343 g/mol. The van der Waals surface area contributed by atoms with Crippen LogP contribution in [-0.2, 0) is 7.05 Å². The third kappa shape index (κ3) is 3.18. The van der Waals surface area contributed by atoms with Gasteiger partial charge in [-0.1, -0.05) is 12.1 Å². The molecule has 9 nitrogen and oxygen atoms in total. The van der Waals surface area contributed by atoms with E-state index >= 15 is 0 Å². The highest BCUT2D eigenvalue weighted by Crippen LogP contribution is 2.27. The summed E-state index contributed by atoms with van der Waals surface area (Å²) in [4.78, 5) is 34.6. The van der Waals surface area contributed by atoms with Crippen molar-refractivity contribution in [2.75, 3.05) is 6.61 Å². The summed E-state index contributed by atoms with van der Waals surface area (Å²) in [6.45, 7) is 0.750. The Hall–Kier alpha value is -3.67. The number of nitro benzene ring substituents is 1. The number of carbonyl (C=O) groups excluding carboxylic acids is 1. The van der Waals surface area contributed by atoms with E-state index in [4.69, 9.17) is 10.00 Å². The zero-order valence-corrected chi connectivity index (χ0v) is 13.3. The first-order chi connectivity index (χ1) is 11.8. The molecule has 0 fully saturated rings. The van der Waals surface area contributed by atoms with Crippen molar-refractivity contribution in [3.63, 3.8) is 0 Å². The topological polar surface area (TPSA) is 135 Å². The number of hydrogen-bond acceptors (Lipinski definition) is 7. The molecule has 128 valence electrons. The van der Waals surface area contributed by atoms with Crippen LogP contribution in [0.3, 0.4) is 0 Å². The number of aromatic hydroxyl groups is 1. The Morgan fingerprint density at radius 2 is 2.08 bits per heavy atom. The van der Waals surface area contributed by atoms with Crippen LogP contribution >= 0.6 is 0 Å². The first-order valence-corrected chi connectivity index (χ1v) is 7.01. The van der Waals surface area contributed by atoms with Gasteiger partial charge in [0.2, 0.25) is 11.7 Å². The van der Waals surface area contributed by atoms with Gasteiger partial charge in [0.15, 0.2) is 12.4 Å². The Kier molecular flexibility index (Phi) is 4.84. The summed E-state index contributed by atoms with van der Waals surface area (Å²) in [6.07, 6.45) is 0. The number of nitro groups is 1. The fourth-order valence-corrected chi connectivity index (χ4v) is 2.30. The highest BCUT2D eigenvalue weighted by atomic mass is 16.6. The van der Waals surface area contributed by atoms with Gasteiger partial charge in [-0.15, -0.1) is 0 Å². The van der Waals surface area contributed by atoms with E-state index in [1.54, 1.807) is 6.07 Å². The molecule has 0 bridgehead atoms. The van der Waals surface area contributed by atoms with E-state index in [-0.39, 0.29) is 28.1 Å². The lowest BCUT2D eigenvalue weighted by atomic mass is 10.0. The van der Waals surface area contributed by atoms with E-state index in [9.17, 15) is 24.8 Å². The quantitative estimate of drug-likeness (QED) is 0.493. The lowest BCUT2D eigenvalue weighted by molar-refractivity contribution is -0.385. The SMILES string of the molecule is Cc1c(C(=O)COc2ccccc2[N+](=O)[O-])c(O)n(C)c(=O)c1C#N. The number of Topliss-reactive ketones (excluding diaryl/α,β-unsaturated/α-hetero) is 1. The molecule has 1 aromatic heterocycles. The minimum Gasteiger partial charge on any atom is -0.494 e. The number of hydrogen-bond donors (Lipinski definition) is 1. The van der Waals surface area contributed by atoms with Gasteiger partial charge in [0.05, 0.1) is 10.5 Å². The highest BCUT2D eigenvalue weighted by molar-refractivity contribution is 6.01. The third-order valence-corrected chi connectivity index (χ3v) is 3.62. The van der Waals surface area contributed by atoms with E-state index in [0.717, 1.165) is 4.57 Å². The number of ether oxygens (including phenoxy) is 1. The van der Waals surface area contributed by atoms with Crippen molar-refractivity contribution in [2.45, 2.75) is 6.92 Å². The van der Waals surface area contributed by atoms with Gasteiger partial charge in [-0.2, -0.15) is 5.26 Å². The lowest BCUT2D eigenvalue weighted by Gasteiger charge is -2.13. The van der Waals surface area contributed by atoms with Crippen LogP contribution in [0.4, 0.5) is 5.69 Å². The summed E-state index contributed by atoms with van der Waals surface area (Å²) in [5.74, 6) is -1.43. The van der Waals surface area contributed by atoms with E-state index in [1.807, 2.05) is 0 Å². The average Bonchev–Trinajstić information content (AvgIpc) is 2.58. The first kappa shape index (κ1) is 17.7. The molecule has 0 unspecified atom stereocenters. The van der Waals surface area contributed by atoms with Crippen molar-refractivity contribution in [1.29, 1.82) is 5.26 Å². The van der Waals surface area contributed by atoms with Gasteiger partial charge in [0.1, 0.15) is 11.6 Å². The second-order valence-corrected chi connectivity index (χ2v) is 5.11. The van der Waals surface area contributed by atoms with Crippen LogP contribution in [0.15, 0.2) is 29.1 Å². The van der Waals surface area contributed by atoms with Crippen molar-refractivity contribution >= 4 is 11.5 Å². The summed E-state index contributed by atoms with van der Waals surface area (Å²) >= 11 is 0. The summed E-state index contributed by atoms with van der Waals surface area (Å²) in [5, 5.41) is 30.1. The largest absolute Gasteiger partial charge is 0.494 e. The normalized spacial score (nSPS) is 10.1. The zero-order chi connectivity index (χ0) is 18.7. The maximum atomic E-state index is 12.4. The second-order valence-electron chi connectivity index (χ2n) is 5.11. The number of para-hydroxylation sites is 2. The van der Waals surface area contributed by atoms with Crippen LogP contribution in [0, 0.1) is 28.4 Å². The molecule has 2 aromatic rings. The Labute approximate surface area is 141 Å². The molecule has 0 radical (unpaired) electrons. The van der Waals surface area contributed by atoms with Gasteiger partial charge >= 0.3 is 5.69 Å². The molecule has 0 amide bonds. The average molecular weight is 343 g/mol. The minimum atomic E-state index is -0.728. The molecule has 0 saturated carbocycles. The fraction of sp³-hybridized carbons (Fsp3) is 0.188. The van der Waals surface area contributed by atoms with Crippen molar-refractivity contribution in [3.8, 4) is 17.7 Å². The number of nitriles is 1. The Balaban J connectivity index is 2.38. The van der Waals surface area contributed by atoms with Crippen molar-refractivity contribution < 1.29 is 19.6 Å². The number of carbonyl (C=O) groups is 1. The van der Waals surface area contributed by atoms with Crippen molar-refractivity contribution in [1.82, 2.24) is 4.57 Å². The molecule has 1 aromatic carbocycles. The van der Waals surface area contributed by atoms with Crippen LogP contribution in [0.25, 0.3) is 0 Å². The number of nitrogens with zero attached hydrogens (tertiary/aromatic N) is 3. The molecule has 0 saturated heterocycles. The zero-order valence-electron chi connectivity index (χ0n) is 13.3. The molecule has 0 aliphatic rings. The lowest BCUT2D eigenvalue weighted by Crippen LogP contribution is -2.25. The standard InChI is InChI=1S/C16H13N3O6/c1-9-10(7-17)15(21)18(2)16(22)14(9)12(20)8-25-13-6-4-3-5-11(13)19(23)24/h3-6,22H,8H2,1-2H3. The van der Waals surface area contributed by atoms with Gasteiger partial charge < -0.3 is 9.84 Å². The van der Waals surface area contributed by atoms with Gasteiger partial charge in [-0.25, -0.2) is 0 Å². The third-order valence-electron chi connectivity index (χ3n) is 3.62. The van der Waals surface area contributed by atoms with E-state index in [2.05, 4.69) is 0 Å². The Morgan fingerprint density at radius 3 is 2.68 bits per heavy atom. The maximum Gasteiger partial charge on any atom is 0.310 e. The number of rotatable bonds is 5. The first-order valence-electron chi connectivity index (χ1n) is 7.01. The van der Waals surface area contributed by atoms with Crippen molar-refractivity contribution in [3.05, 3.63) is 61.4 Å². The summed E-state index contributed by atoms with van der Waals surface area (Å²) in [7, 11) is 1.22. The molecule has 0 aliphatic heterocycles. The number of pyridine rings is 1. The Bertz CT molecular complexity index is 971. The van der Waals surface area contributed by atoms with Crippen LogP contribution in [0.1, 0.15) is 21.5 Å². The number of aromatic nitrogens is 1. The maximum absolute atomic E-state index is 12.4. The predicted octanol–water partition coefficient (Wildman–Crippen LogP) is 1.44. The molecule has 1 N–H and O–H groups in total. The van der Waals surface area contributed by atoms with E-state index in [1.165, 1.54) is 38.2 Å². The van der Waals surface area contributed by atoms with Crippen molar-refractivity contribution in [2.24, 2.45) is 7.05 Å². The molecule has 0 aliphatic carbocycles. The second kappa shape index (κ2) is 6.84. The molecular weight excluding hydrogens is 330 g/mol. The molecule has 25 heavy (non-hydrogen) atoms. The van der Waals surface area contributed by atoms with Crippen LogP contribution in [0.2, 0.25) is 0 Å². The smallest absolute Gasteiger partial charge is 0.310 e. The van der Waals surface area contributed by atoms with E-state index in [0.29, 0.717) is 0 Å². The molecule has 2 rings (SSSR count). The van der Waals surface area contributed by atoms with Gasteiger partial charge in [0, 0.05) is 13.1 Å². The molecule has 0 atom stereocenters. The van der Waals surface area contributed by atoms with Gasteiger partial charge in [-0.05, 0) is 18.6 Å². The van der Waals surface area contributed by atoms with Crippen LogP contribution < -0.4 is 10.3 Å².